The van der Waals surface area contributed by atoms with Crippen LogP contribution in [0.5, 0.6) is 11.5 Å². The summed E-state index contributed by atoms with van der Waals surface area (Å²) in [6.07, 6.45) is 0. The molecule has 0 aliphatic carbocycles. The molecule has 5 nitrogen and oxygen atoms in total. The predicted octanol–water partition coefficient (Wildman–Crippen LogP) is 0.631. The number of aliphatic hydroxyl groups excluding tert-OH is 2. The van der Waals surface area contributed by atoms with Crippen molar-refractivity contribution in [3.63, 3.8) is 0 Å². The van der Waals surface area contributed by atoms with E-state index in [4.69, 9.17) is 19.7 Å². The first kappa shape index (κ1) is 13.5. The van der Waals surface area contributed by atoms with Gasteiger partial charge in [0.1, 0.15) is 13.2 Å². The first-order valence-electron chi connectivity index (χ1n) is 5.31. The number of carbonyl (C=O) groups is 1. The highest BCUT2D eigenvalue weighted by Gasteiger charge is 2.09. The normalized spacial score (nSPS) is 10.1. The molecule has 0 saturated carbocycles. The van der Waals surface area contributed by atoms with Gasteiger partial charge in [0.2, 0.25) is 0 Å². The molecular weight excluding hydrogens is 224 g/mol. The SMILES string of the molecule is CC(=O)c1ccc(OCCO)c(OCCO)c1. The molecule has 2 N–H and O–H groups in total. The Balaban J connectivity index is 2.90. The number of aliphatic hydroxyl groups is 2. The minimum Gasteiger partial charge on any atom is -0.487 e. The van der Waals surface area contributed by atoms with E-state index in [-0.39, 0.29) is 32.2 Å². The average Bonchev–Trinajstić information content (AvgIpc) is 2.34. The molecule has 0 heterocycles. The summed E-state index contributed by atoms with van der Waals surface area (Å²) in [4.78, 5) is 11.2. The van der Waals surface area contributed by atoms with E-state index in [0.717, 1.165) is 0 Å². The molecule has 17 heavy (non-hydrogen) atoms. The second kappa shape index (κ2) is 6.88. The maximum atomic E-state index is 11.2. The highest BCUT2D eigenvalue weighted by Crippen LogP contribution is 2.28. The third-order valence-electron chi connectivity index (χ3n) is 2.05. The van der Waals surface area contributed by atoms with E-state index in [2.05, 4.69) is 0 Å². The van der Waals surface area contributed by atoms with Gasteiger partial charge >= 0.3 is 0 Å². The van der Waals surface area contributed by atoms with Gasteiger partial charge in [0.05, 0.1) is 13.2 Å². The molecule has 0 amide bonds. The van der Waals surface area contributed by atoms with Crippen LogP contribution in [-0.2, 0) is 0 Å². The average molecular weight is 240 g/mol. The summed E-state index contributed by atoms with van der Waals surface area (Å²) < 4.78 is 10.5. The number of benzene rings is 1. The molecule has 0 aromatic heterocycles. The number of hydrogen-bond donors (Lipinski definition) is 2. The molecule has 5 heteroatoms. The molecule has 1 aromatic rings. The van der Waals surface area contributed by atoms with Gasteiger partial charge in [0.25, 0.3) is 0 Å². The minimum atomic E-state index is -0.121. The quantitative estimate of drug-likeness (QED) is 0.684. The summed E-state index contributed by atoms with van der Waals surface area (Å²) in [5.74, 6) is 0.755. The molecule has 1 aromatic carbocycles. The van der Waals surface area contributed by atoms with Crippen LogP contribution < -0.4 is 9.47 Å². The molecule has 94 valence electrons. The largest absolute Gasteiger partial charge is 0.487 e. The lowest BCUT2D eigenvalue weighted by Crippen LogP contribution is -2.07. The summed E-state index contributed by atoms with van der Waals surface area (Å²) in [7, 11) is 0. The van der Waals surface area contributed by atoms with Crippen LogP contribution >= 0.6 is 0 Å². The molecule has 0 aliphatic rings. The van der Waals surface area contributed by atoms with Gasteiger partial charge < -0.3 is 19.7 Å². The van der Waals surface area contributed by atoms with E-state index in [1.54, 1.807) is 18.2 Å². The zero-order valence-electron chi connectivity index (χ0n) is 9.68. The summed E-state index contributed by atoms with van der Waals surface area (Å²) in [6, 6.07) is 4.80. The molecule has 0 fully saturated rings. The Kier molecular flexibility index (Phi) is 5.45. The third-order valence-corrected chi connectivity index (χ3v) is 2.05. The fraction of sp³-hybridized carbons (Fsp3) is 0.417. The lowest BCUT2D eigenvalue weighted by molar-refractivity contribution is 0.101. The second-order valence-electron chi connectivity index (χ2n) is 3.36. The Morgan fingerprint density at radius 3 is 2.24 bits per heavy atom. The number of hydrogen-bond acceptors (Lipinski definition) is 5. The second-order valence-corrected chi connectivity index (χ2v) is 3.36. The molecule has 0 saturated heterocycles. The van der Waals surface area contributed by atoms with Crippen molar-refractivity contribution in [2.24, 2.45) is 0 Å². The van der Waals surface area contributed by atoms with Crippen molar-refractivity contribution in [2.45, 2.75) is 6.92 Å². The minimum absolute atomic E-state index is 0.0763. The summed E-state index contributed by atoms with van der Waals surface area (Å²) >= 11 is 0. The fourth-order valence-corrected chi connectivity index (χ4v) is 1.27. The van der Waals surface area contributed by atoms with E-state index in [0.29, 0.717) is 17.1 Å². The monoisotopic (exact) mass is 240 g/mol. The van der Waals surface area contributed by atoms with E-state index in [9.17, 15) is 4.79 Å². The molecular formula is C12H16O5. The van der Waals surface area contributed by atoms with Crippen LogP contribution in [0.2, 0.25) is 0 Å². The number of Topliss-reactive ketones (excluding diaryl/α,β-unsaturated/α-hetero) is 1. The number of rotatable bonds is 7. The highest BCUT2D eigenvalue weighted by atomic mass is 16.5. The lowest BCUT2D eigenvalue weighted by atomic mass is 10.1. The van der Waals surface area contributed by atoms with E-state index in [1.165, 1.54) is 6.92 Å². The topological polar surface area (TPSA) is 76.0 Å². The summed E-state index contributed by atoms with van der Waals surface area (Å²) in [6.45, 7) is 1.50. The molecule has 1 rings (SSSR count). The zero-order valence-corrected chi connectivity index (χ0v) is 9.68. The molecule has 0 bridgehead atoms. The van der Waals surface area contributed by atoms with Crippen LogP contribution in [0.15, 0.2) is 18.2 Å². The standard InChI is InChI=1S/C12H16O5/c1-9(15)10-2-3-11(16-6-4-13)12(8-10)17-7-5-14/h2-3,8,13-14H,4-7H2,1H3. The van der Waals surface area contributed by atoms with Gasteiger partial charge in [-0.3, -0.25) is 4.79 Å². The van der Waals surface area contributed by atoms with Crippen LogP contribution in [0.4, 0.5) is 0 Å². The van der Waals surface area contributed by atoms with Crippen molar-refractivity contribution in [3.05, 3.63) is 23.8 Å². The third kappa shape index (κ3) is 4.05. The highest BCUT2D eigenvalue weighted by molar-refractivity contribution is 5.94. The Hall–Kier alpha value is -1.59. The predicted molar refractivity (Wildman–Crippen MR) is 61.6 cm³/mol. The van der Waals surface area contributed by atoms with Gasteiger partial charge in [-0.2, -0.15) is 0 Å². The van der Waals surface area contributed by atoms with Gasteiger partial charge in [0, 0.05) is 5.56 Å². The van der Waals surface area contributed by atoms with Crippen molar-refractivity contribution < 1.29 is 24.5 Å². The van der Waals surface area contributed by atoms with E-state index in [1.807, 2.05) is 0 Å². The fourth-order valence-electron chi connectivity index (χ4n) is 1.27. The Labute approximate surface area is 99.6 Å². The maximum Gasteiger partial charge on any atom is 0.162 e. The van der Waals surface area contributed by atoms with Gasteiger partial charge in [-0.05, 0) is 25.1 Å². The van der Waals surface area contributed by atoms with Crippen LogP contribution in [-0.4, -0.2) is 42.4 Å². The number of carbonyl (C=O) groups excluding carboxylic acids is 1. The number of ketones is 1. The molecule has 0 atom stereocenters. The van der Waals surface area contributed by atoms with Crippen molar-refractivity contribution >= 4 is 5.78 Å². The maximum absolute atomic E-state index is 11.2. The van der Waals surface area contributed by atoms with Gasteiger partial charge in [-0.25, -0.2) is 0 Å². The smallest absolute Gasteiger partial charge is 0.162 e. The van der Waals surface area contributed by atoms with Crippen molar-refractivity contribution in [2.75, 3.05) is 26.4 Å². The van der Waals surface area contributed by atoms with Crippen LogP contribution in [0.3, 0.4) is 0 Å². The Morgan fingerprint density at radius 2 is 1.71 bits per heavy atom. The number of ether oxygens (including phenoxy) is 2. The first-order chi connectivity index (χ1) is 8.19. The first-order valence-corrected chi connectivity index (χ1v) is 5.31. The summed E-state index contributed by atoms with van der Waals surface area (Å²) in [5, 5.41) is 17.4. The van der Waals surface area contributed by atoms with Gasteiger partial charge in [-0.1, -0.05) is 0 Å². The lowest BCUT2D eigenvalue weighted by Gasteiger charge is -2.12. The molecule has 0 unspecified atom stereocenters. The van der Waals surface area contributed by atoms with Gasteiger partial charge in [-0.15, -0.1) is 0 Å². The van der Waals surface area contributed by atoms with Crippen LogP contribution in [0.25, 0.3) is 0 Å². The van der Waals surface area contributed by atoms with Crippen LogP contribution in [0, 0.1) is 0 Å². The Bertz CT molecular complexity index is 375. The van der Waals surface area contributed by atoms with Crippen molar-refractivity contribution in [3.8, 4) is 11.5 Å². The van der Waals surface area contributed by atoms with E-state index >= 15 is 0 Å². The Morgan fingerprint density at radius 1 is 1.12 bits per heavy atom. The molecule has 0 aliphatic heterocycles. The van der Waals surface area contributed by atoms with E-state index < -0.39 is 0 Å². The summed E-state index contributed by atoms with van der Waals surface area (Å²) in [5.41, 5.74) is 0.509. The van der Waals surface area contributed by atoms with Crippen molar-refractivity contribution in [1.29, 1.82) is 0 Å². The van der Waals surface area contributed by atoms with Gasteiger partial charge in [0.15, 0.2) is 17.3 Å². The zero-order chi connectivity index (χ0) is 12.7. The molecule has 0 radical (unpaired) electrons. The van der Waals surface area contributed by atoms with Crippen LogP contribution in [0.1, 0.15) is 17.3 Å². The molecule has 0 spiro atoms. The van der Waals surface area contributed by atoms with Crippen molar-refractivity contribution in [1.82, 2.24) is 0 Å².